The first-order valence-corrected chi connectivity index (χ1v) is 26.3. The number of fused-ring (bicyclic) bond motifs is 9. The third-order valence-corrected chi connectivity index (χ3v) is 16.7. The zero-order valence-corrected chi connectivity index (χ0v) is 44.9. The average molecular weight is 1050 g/mol. The zero-order chi connectivity index (χ0) is 49.5. The largest absolute Gasteiger partial charge is 0.494 e. The van der Waals surface area contributed by atoms with Crippen molar-refractivity contribution in [3.63, 3.8) is 0 Å². The maximum Gasteiger partial charge on any atom is 0.494 e. The number of rotatable bonds is 3. The molecule has 1 saturated heterocycles. The van der Waals surface area contributed by atoms with Gasteiger partial charge in [0.2, 0.25) is 0 Å². The Labute approximate surface area is 436 Å². The van der Waals surface area contributed by atoms with Gasteiger partial charge in [0.15, 0.2) is 0 Å². The van der Waals surface area contributed by atoms with Crippen molar-refractivity contribution in [3.05, 3.63) is 231 Å². The highest BCUT2D eigenvalue weighted by atomic mass is 79.9. The summed E-state index contributed by atoms with van der Waals surface area (Å²) in [6.07, 6.45) is 0. The molecule has 1 aliphatic heterocycles. The Morgan fingerprint density at radius 2 is 0.620 bits per heavy atom. The van der Waals surface area contributed by atoms with Gasteiger partial charge in [-0.2, -0.15) is 0 Å². The molecule has 0 radical (unpaired) electrons. The van der Waals surface area contributed by atoms with E-state index < -0.39 is 0 Å². The van der Waals surface area contributed by atoms with Crippen LogP contribution in [0.3, 0.4) is 0 Å². The Morgan fingerprint density at radius 1 is 0.310 bits per heavy atom. The SMILES string of the molecule is CC1(C)OB(c2ccc3ccccc3c2)OC1(C)C.CC1(C)c2cc(-c3ccc4ccccc4c3)ccc2-c2ccc(-c3ccc4ccccc4c3)cc21.CC1(C)c2cc(Br)ccc2-c2ccc(Br)cc21. The molecule has 2 aliphatic carbocycles. The molecule has 13 rings (SSSR count). The van der Waals surface area contributed by atoms with Crippen LogP contribution in [0.15, 0.2) is 209 Å². The Balaban J connectivity index is 0.000000128. The fourth-order valence-electron chi connectivity index (χ4n) is 10.8. The van der Waals surface area contributed by atoms with Crippen LogP contribution in [-0.2, 0) is 20.1 Å². The predicted octanol–water partition coefficient (Wildman–Crippen LogP) is 18.3. The molecule has 0 bridgehead atoms. The molecule has 10 aromatic carbocycles. The average Bonchev–Trinajstić information content (AvgIpc) is 3.84. The summed E-state index contributed by atoms with van der Waals surface area (Å²) in [6, 6.07) is 72.6. The van der Waals surface area contributed by atoms with Crippen LogP contribution in [0, 0.1) is 0 Å². The van der Waals surface area contributed by atoms with Crippen molar-refractivity contribution < 1.29 is 9.31 Å². The summed E-state index contributed by atoms with van der Waals surface area (Å²) in [5.74, 6) is 0. The lowest BCUT2D eigenvalue weighted by molar-refractivity contribution is 0.00578. The minimum Gasteiger partial charge on any atom is -0.399 e. The number of benzene rings is 10. The number of hydrogen-bond acceptors (Lipinski definition) is 2. The Kier molecular flexibility index (Phi) is 11.9. The van der Waals surface area contributed by atoms with Gasteiger partial charge in [0, 0.05) is 19.8 Å². The van der Waals surface area contributed by atoms with Crippen LogP contribution in [0.1, 0.15) is 77.6 Å². The molecule has 10 aromatic rings. The molecule has 0 amide bonds. The highest BCUT2D eigenvalue weighted by Crippen LogP contribution is 2.52. The van der Waals surface area contributed by atoms with Crippen molar-refractivity contribution in [1.82, 2.24) is 0 Å². The minimum atomic E-state index is -0.288. The highest BCUT2D eigenvalue weighted by Gasteiger charge is 2.51. The van der Waals surface area contributed by atoms with Gasteiger partial charge >= 0.3 is 7.12 Å². The summed E-state index contributed by atoms with van der Waals surface area (Å²) >= 11 is 7.13. The zero-order valence-electron chi connectivity index (χ0n) is 41.7. The van der Waals surface area contributed by atoms with Crippen LogP contribution in [0.4, 0.5) is 0 Å². The van der Waals surface area contributed by atoms with Crippen LogP contribution >= 0.6 is 31.9 Å². The third-order valence-electron chi connectivity index (χ3n) is 15.7. The third kappa shape index (κ3) is 8.59. The van der Waals surface area contributed by atoms with Crippen LogP contribution in [0.5, 0.6) is 0 Å². The number of halogens is 2. The Morgan fingerprint density at radius 3 is 1.03 bits per heavy atom. The van der Waals surface area contributed by atoms with Gasteiger partial charge in [0.25, 0.3) is 0 Å². The minimum absolute atomic E-state index is 0.0512. The highest BCUT2D eigenvalue weighted by molar-refractivity contribution is 9.10. The smallest absolute Gasteiger partial charge is 0.399 e. The van der Waals surface area contributed by atoms with Crippen molar-refractivity contribution >= 4 is 76.8 Å². The molecule has 5 heteroatoms. The molecule has 350 valence electrons. The van der Waals surface area contributed by atoms with E-state index in [0.29, 0.717) is 0 Å². The summed E-state index contributed by atoms with van der Waals surface area (Å²) in [7, 11) is -0.283. The van der Waals surface area contributed by atoms with E-state index in [1.165, 1.54) is 99.1 Å². The first-order valence-electron chi connectivity index (χ1n) is 24.7. The second-order valence-corrected chi connectivity index (χ2v) is 23.3. The maximum absolute atomic E-state index is 6.08. The van der Waals surface area contributed by atoms with Gasteiger partial charge in [-0.3, -0.25) is 0 Å². The van der Waals surface area contributed by atoms with Gasteiger partial charge in [-0.1, -0.05) is 211 Å². The molecule has 0 unspecified atom stereocenters. The van der Waals surface area contributed by atoms with E-state index in [9.17, 15) is 0 Å². The number of hydrogen-bond donors (Lipinski definition) is 0. The molecule has 0 atom stereocenters. The van der Waals surface area contributed by atoms with Crippen LogP contribution < -0.4 is 5.46 Å². The Hall–Kier alpha value is -6.08. The molecule has 1 fully saturated rings. The molecule has 0 spiro atoms. The van der Waals surface area contributed by atoms with Gasteiger partial charge in [0.05, 0.1) is 11.2 Å². The fourth-order valence-corrected chi connectivity index (χ4v) is 11.6. The topological polar surface area (TPSA) is 18.5 Å². The normalized spacial score (nSPS) is 16.1. The van der Waals surface area contributed by atoms with Gasteiger partial charge < -0.3 is 9.31 Å². The molecule has 3 aliphatic rings. The molecule has 0 N–H and O–H groups in total. The van der Waals surface area contributed by atoms with Gasteiger partial charge in [-0.05, 0) is 181 Å². The molecular formula is C66H57BBr2O2. The Bertz CT molecular complexity index is 3520. The summed E-state index contributed by atoms with van der Waals surface area (Å²) in [6.45, 7) is 17.6. The summed E-state index contributed by atoms with van der Waals surface area (Å²) in [5, 5.41) is 7.59. The molecular weight excluding hydrogens is 995 g/mol. The summed E-state index contributed by atoms with van der Waals surface area (Å²) < 4.78 is 14.5. The van der Waals surface area contributed by atoms with Crippen LogP contribution in [-0.4, -0.2) is 18.3 Å². The van der Waals surface area contributed by atoms with E-state index in [2.05, 4.69) is 287 Å². The van der Waals surface area contributed by atoms with Crippen LogP contribution in [0.2, 0.25) is 0 Å². The van der Waals surface area contributed by atoms with Crippen molar-refractivity contribution in [2.45, 2.75) is 77.4 Å². The second kappa shape index (κ2) is 17.9. The maximum atomic E-state index is 6.08. The fraction of sp³-hybridized carbons (Fsp3) is 0.182. The lowest BCUT2D eigenvalue weighted by atomic mass is 9.78. The molecule has 1 heterocycles. The first kappa shape index (κ1) is 47.3. The molecule has 2 nitrogen and oxygen atoms in total. The van der Waals surface area contributed by atoms with E-state index >= 15 is 0 Å². The van der Waals surface area contributed by atoms with E-state index in [4.69, 9.17) is 9.31 Å². The molecule has 71 heavy (non-hydrogen) atoms. The summed E-state index contributed by atoms with van der Waals surface area (Å²) in [4.78, 5) is 0. The van der Waals surface area contributed by atoms with Crippen molar-refractivity contribution in [2.24, 2.45) is 0 Å². The van der Waals surface area contributed by atoms with Crippen molar-refractivity contribution in [2.75, 3.05) is 0 Å². The monoisotopic (exact) mass is 1050 g/mol. The van der Waals surface area contributed by atoms with Gasteiger partial charge in [0.1, 0.15) is 0 Å². The van der Waals surface area contributed by atoms with Crippen molar-refractivity contribution in [3.8, 4) is 44.5 Å². The predicted molar refractivity (Wildman–Crippen MR) is 309 cm³/mol. The molecule has 0 aromatic heterocycles. The van der Waals surface area contributed by atoms with Gasteiger partial charge in [-0.15, -0.1) is 0 Å². The van der Waals surface area contributed by atoms with Crippen LogP contribution in [0.25, 0.3) is 76.8 Å². The van der Waals surface area contributed by atoms with Crippen molar-refractivity contribution in [1.29, 1.82) is 0 Å². The standard InChI is InChI=1S/C35H26.C16H19BO2.C15H12Br2/c1-35(2)33-21-29(27-13-11-23-7-3-5-9-25(23)19-27)15-17-31(33)32-18-16-30(22-34(32)35)28-14-12-24-8-4-6-10-26(24)20-28;1-15(2)16(3,4)19-17(18-15)14-10-9-12-7-5-6-8-13(12)11-14;1-15(2)13-7-9(16)3-5-11(13)12-6-4-10(17)8-14(12)15/h3-22H,1-2H3;5-11H,1-4H3;3-8H,1-2H3. The second-order valence-electron chi connectivity index (χ2n) is 21.5. The van der Waals surface area contributed by atoms with E-state index in [1.54, 1.807) is 0 Å². The lowest BCUT2D eigenvalue weighted by Gasteiger charge is -2.32. The van der Waals surface area contributed by atoms with E-state index in [-0.39, 0.29) is 29.2 Å². The lowest BCUT2D eigenvalue weighted by Crippen LogP contribution is -2.41. The van der Waals surface area contributed by atoms with Gasteiger partial charge in [-0.25, -0.2) is 0 Å². The van der Waals surface area contributed by atoms with E-state index in [0.717, 1.165) is 14.4 Å². The molecule has 0 saturated carbocycles. The quantitative estimate of drug-likeness (QED) is 0.164. The summed E-state index contributed by atoms with van der Waals surface area (Å²) in [5.41, 5.74) is 16.7. The van der Waals surface area contributed by atoms with E-state index in [1.807, 2.05) is 0 Å². The first-order chi connectivity index (χ1) is 34.0.